The lowest BCUT2D eigenvalue weighted by molar-refractivity contribution is -0.384. The molecule has 0 N–H and O–H groups in total. The SMILES string of the molecule is Cc1cc(C)nc(SOCc2ccc([N+](=O)[O-])cc2)n1. The number of hydrogen-bond donors (Lipinski definition) is 0. The first-order valence-electron chi connectivity index (χ1n) is 5.89. The van der Waals surface area contributed by atoms with Crippen molar-refractivity contribution >= 4 is 17.7 Å². The Morgan fingerprint density at radius 1 is 1.20 bits per heavy atom. The van der Waals surface area contributed by atoms with E-state index in [0.717, 1.165) is 29.0 Å². The van der Waals surface area contributed by atoms with Crippen LogP contribution in [-0.2, 0) is 10.8 Å². The molecule has 20 heavy (non-hydrogen) atoms. The molecule has 0 aliphatic carbocycles. The molecular weight excluding hydrogens is 278 g/mol. The van der Waals surface area contributed by atoms with Gasteiger partial charge in [-0.2, -0.15) is 0 Å². The lowest BCUT2D eigenvalue weighted by atomic mass is 10.2. The number of nitro groups is 1. The minimum Gasteiger partial charge on any atom is -0.303 e. The summed E-state index contributed by atoms with van der Waals surface area (Å²) in [6.45, 7) is 4.13. The van der Waals surface area contributed by atoms with E-state index in [-0.39, 0.29) is 5.69 Å². The highest BCUT2D eigenvalue weighted by atomic mass is 32.2. The maximum atomic E-state index is 10.5. The van der Waals surface area contributed by atoms with E-state index in [9.17, 15) is 10.1 Å². The molecule has 0 radical (unpaired) electrons. The normalized spacial score (nSPS) is 10.5. The highest BCUT2D eigenvalue weighted by Crippen LogP contribution is 2.19. The number of nitrogens with zero attached hydrogens (tertiary/aromatic N) is 3. The van der Waals surface area contributed by atoms with Crippen molar-refractivity contribution in [1.29, 1.82) is 0 Å². The number of hydrogen-bond acceptors (Lipinski definition) is 6. The zero-order valence-electron chi connectivity index (χ0n) is 11.1. The average Bonchev–Trinajstić information content (AvgIpc) is 2.38. The molecule has 0 aliphatic rings. The van der Waals surface area contributed by atoms with Crippen LogP contribution in [0.3, 0.4) is 0 Å². The molecule has 0 amide bonds. The third-order valence-corrected chi connectivity index (χ3v) is 3.04. The molecule has 1 aromatic heterocycles. The van der Waals surface area contributed by atoms with Gasteiger partial charge in [0.15, 0.2) is 0 Å². The Bertz CT molecular complexity index is 597. The highest BCUT2D eigenvalue weighted by Gasteiger charge is 2.05. The van der Waals surface area contributed by atoms with Gasteiger partial charge in [-0.15, -0.1) is 0 Å². The molecule has 2 aromatic rings. The lowest BCUT2D eigenvalue weighted by Crippen LogP contribution is -1.94. The third-order valence-electron chi connectivity index (χ3n) is 2.47. The standard InChI is InChI=1S/C13H13N3O3S/c1-9-7-10(2)15-13(14-9)20-19-8-11-3-5-12(6-4-11)16(17)18/h3-7H,8H2,1-2H3. The van der Waals surface area contributed by atoms with Crippen LogP contribution in [0.2, 0.25) is 0 Å². The number of benzene rings is 1. The Labute approximate surface area is 120 Å². The molecule has 0 saturated heterocycles. The van der Waals surface area contributed by atoms with Crippen LogP contribution in [0, 0.1) is 24.0 Å². The second-order valence-corrected chi connectivity index (χ2v) is 4.97. The summed E-state index contributed by atoms with van der Waals surface area (Å²) in [7, 11) is 0. The van der Waals surface area contributed by atoms with Gasteiger partial charge in [-0.3, -0.25) is 10.1 Å². The predicted molar refractivity (Wildman–Crippen MR) is 75.2 cm³/mol. The molecule has 0 fully saturated rings. The van der Waals surface area contributed by atoms with Gasteiger partial charge in [0.2, 0.25) is 5.16 Å². The molecule has 0 unspecified atom stereocenters. The summed E-state index contributed by atoms with van der Waals surface area (Å²) in [5, 5.41) is 11.1. The van der Waals surface area contributed by atoms with E-state index < -0.39 is 4.92 Å². The first kappa shape index (κ1) is 14.4. The Kier molecular flexibility index (Phi) is 4.65. The van der Waals surface area contributed by atoms with Crippen LogP contribution in [0.1, 0.15) is 17.0 Å². The van der Waals surface area contributed by atoms with E-state index >= 15 is 0 Å². The van der Waals surface area contributed by atoms with E-state index in [1.54, 1.807) is 12.1 Å². The summed E-state index contributed by atoms with van der Waals surface area (Å²) in [4.78, 5) is 18.6. The monoisotopic (exact) mass is 291 g/mol. The maximum absolute atomic E-state index is 10.5. The Hall–Kier alpha value is -1.99. The summed E-state index contributed by atoms with van der Waals surface area (Å²) < 4.78 is 5.44. The first-order valence-corrected chi connectivity index (χ1v) is 6.64. The van der Waals surface area contributed by atoms with Gasteiger partial charge in [-0.05, 0) is 37.6 Å². The largest absolute Gasteiger partial charge is 0.303 e. The van der Waals surface area contributed by atoms with Crippen molar-refractivity contribution in [3.8, 4) is 0 Å². The molecule has 104 valence electrons. The van der Waals surface area contributed by atoms with Crippen molar-refractivity contribution in [2.45, 2.75) is 25.6 Å². The summed E-state index contributed by atoms with van der Waals surface area (Å²) in [5.74, 6) is 0. The van der Waals surface area contributed by atoms with Crippen LogP contribution in [0.5, 0.6) is 0 Å². The summed E-state index contributed by atoms with van der Waals surface area (Å²) >= 11 is 1.10. The van der Waals surface area contributed by atoms with E-state index in [2.05, 4.69) is 9.97 Å². The molecule has 2 rings (SSSR count). The van der Waals surface area contributed by atoms with Crippen molar-refractivity contribution in [3.63, 3.8) is 0 Å². The second kappa shape index (κ2) is 6.44. The summed E-state index contributed by atoms with van der Waals surface area (Å²) in [5.41, 5.74) is 2.70. The molecule has 1 heterocycles. The van der Waals surface area contributed by atoms with Gasteiger partial charge in [0.05, 0.1) is 23.6 Å². The smallest absolute Gasteiger partial charge is 0.269 e. The van der Waals surface area contributed by atoms with Gasteiger partial charge < -0.3 is 4.18 Å². The maximum Gasteiger partial charge on any atom is 0.269 e. The molecule has 0 aliphatic heterocycles. The number of nitro benzene ring substituents is 1. The van der Waals surface area contributed by atoms with Crippen LogP contribution in [-0.4, -0.2) is 14.9 Å². The van der Waals surface area contributed by atoms with E-state index in [1.165, 1.54) is 12.1 Å². The zero-order valence-corrected chi connectivity index (χ0v) is 11.9. The van der Waals surface area contributed by atoms with E-state index in [1.807, 2.05) is 19.9 Å². The van der Waals surface area contributed by atoms with Crippen molar-refractivity contribution < 1.29 is 9.11 Å². The quantitative estimate of drug-likeness (QED) is 0.364. The molecule has 7 heteroatoms. The third kappa shape index (κ3) is 4.01. The fourth-order valence-electron chi connectivity index (χ4n) is 1.59. The molecular formula is C13H13N3O3S. The van der Waals surface area contributed by atoms with E-state index in [4.69, 9.17) is 4.18 Å². The van der Waals surface area contributed by atoms with Gasteiger partial charge in [0.1, 0.15) is 0 Å². The summed E-state index contributed by atoms with van der Waals surface area (Å²) in [6, 6.07) is 8.13. The highest BCUT2D eigenvalue weighted by molar-refractivity contribution is 7.94. The fraction of sp³-hybridized carbons (Fsp3) is 0.231. The second-order valence-electron chi connectivity index (χ2n) is 4.20. The zero-order chi connectivity index (χ0) is 14.5. The van der Waals surface area contributed by atoms with Crippen molar-refractivity contribution in [2.75, 3.05) is 0 Å². The molecule has 0 bridgehead atoms. The Morgan fingerprint density at radius 3 is 2.35 bits per heavy atom. The first-order chi connectivity index (χ1) is 9.54. The summed E-state index contributed by atoms with van der Waals surface area (Å²) in [6.07, 6.45) is 0. The van der Waals surface area contributed by atoms with Gasteiger partial charge in [0.25, 0.3) is 5.69 Å². The number of aryl methyl sites for hydroxylation is 2. The Balaban J connectivity index is 1.90. The van der Waals surface area contributed by atoms with E-state index in [0.29, 0.717) is 11.8 Å². The molecule has 0 saturated carbocycles. The van der Waals surface area contributed by atoms with Crippen molar-refractivity contribution in [3.05, 3.63) is 57.4 Å². The molecule has 0 spiro atoms. The minimum atomic E-state index is -0.428. The number of rotatable bonds is 5. The average molecular weight is 291 g/mol. The minimum absolute atomic E-state index is 0.0686. The van der Waals surface area contributed by atoms with Crippen LogP contribution < -0.4 is 0 Å². The Morgan fingerprint density at radius 2 is 1.80 bits per heavy atom. The molecule has 0 atom stereocenters. The van der Waals surface area contributed by atoms with Crippen molar-refractivity contribution in [2.24, 2.45) is 0 Å². The number of non-ortho nitro benzene ring substituents is 1. The van der Waals surface area contributed by atoms with Crippen LogP contribution in [0.4, 0.5) is 5.69 Å². The molecule has 1 aromatic carbocycles. The van der Waals surface area contributed by atoms with Gasteiger partial charge in [0, 0.05) is 23.5 Å². The topological polar surface area (TPSA) is 78.2 Å². The van der Waals surface area contributed by atoms with Gasteiger partial charge in [-0.1, -0.05) is 0 Å². The van der Waals surface area contributed by atoms with Crippen LogP contribution in [0.25, 0.3) is 0 Å². The van der Waals surface area contributed by atoms with Crippen LogP contribution >= 0.6 is 12.0 Å². The van der Waals surface area contributed by atoms with Crippen molar-refractivity contribution in [1.82, 2.24) is 9.97 Å². The predicted octanol–water partition coefficient (Wildman–Crippen LogP) is 3.23. The number of aromatic nitrogens is 2. The van der Waals surface area contributed by atoms with Crippen LogP contribution in [0.15, 0.2) is 35.5 Å². The molecule has 6 nitrogen and oxygen atoms in total. The lowest BCUT2D eigenvalue weighted by Gasteiger charge is -2.03. The van der Waals surface area contributed by atoms with Gasteiger partial charge >= 0.3 is 0 Å². The van der Waals surface area contributed by atoms with Gasteiger partial charge in [-0.25, -0.2) is 9.97 Å². The fourth-order valence-corrected chi connectivity index (χ4v) is 2.26.